The molecule has 0 saturated carbocycles. The third-order valence-electron chi connectivity index (χ3n) is 4.62. The average Bonchev–Trinajstić information content (AvgIpc) is 3.23. The molecule has 0 amide bonds. The van der Waals surface area contributed by atoms with Gasteiger partial charge in [0.2, 0.25) is 0 Å². The van der Waals surface area contributed by atoms with Crippen molar-refractivity contribution in [3.05, 3.63) is 54.4 Å². The van der Waals surface area contributed by atoms with Gasteiger partial charge in [-0.05, 0) is 68.7 Å². The molecule has 0 spiro atoms. The fourth-order valence-electron chi connectivity index (χ4n) is 3.57. The quantitative estimate of drug-likeness (QED) is 0.758. The number of fused-ring (bicyclic) bond motifs is 1. The number of rotatable bonds is 4. The van der Waals surface area contributed by atoms with Gasteiger partial charge in [-0.15, -0.1) is 0 Å². The second kappa shape index (κ2) is 6.19. The van der Waals surface area contributed by atoms with Gasteiger partial charge in [-0.3, -0.25) is 0 Å². The maximum absolute atomic E-state index is 5.75. The van der Waals surface area contributed by atoms with Gasteiger partial charge in [-0.2, -0.15) is 0 Å². The zero-order valence-corrected chi connectivity index (χ0v) is 14.2. The molecular formula is C20H23N3O. The van der Waals surface area contributed by atoms with Gasteiger partial charge in [0.15, 0.2) is 0 Å². The second-order valence-electron chi connectivity index (χ2n) is 6.69. The Bertz CT molecular complexity index is 822. The SMILES string of the molecule is CC(C)Oc1ccc(N2CCC[C@@H]2c2ccc3nc[nH]c3c2)cc1. The number of nitrogens with zero attached hydrogens (tertiary/aromatic N) is 2. The van der Waals surface area contributed by atoms with E-state index in [1.165, 1.54) is 24.1 Å². The molecule has 0 radical (unpaired) electrons. The molecule has 0 unspecified atom stereocenters. The number of anilines is 1. The van der Waals surface area contributed by atoms with E-state index in [1.807, 2.05) is 0 Å². The summed E-state index contributed by atoms with van der Waals surface area (Å²) >= 11 is 0. The zero-order chi connectivity index (χ0) is 16.5. The fraction of sp³-hybridized carbons (Fsp3) is 0.350. The van der Waals surface area contributed by atoms with Gasteiger partial charge >= 0.3 is 0 Å². The van der Waals surface area contributed by atoms with Gasteiger partial charge < -0.3 is 14.6 Å². The van der Waals surface area contributed by atoms with E-state index in [0.29, 0.717) is 6.04 Å². The minimum Gasteiger partial charge on any atom is -0.491 e. The van der Waals surface area contributed by atoms with E-state index in [-0.39, 0.29) is 6.10 Å². The Morgan fingerprint density at radius 3 is 2.79 bits per heavy atom. The van der Waals surface area contributed by atoms with E-state index < -0.39 is 0 Å². The lowest BCUT2D eigenvalue weighted by Gasteiger charge is -2.27. The molecule has 1 atom stereocenters. The summed E-state index contributed by atoms with van der Waals surface area (Å²) in [5.41, 5.74) is 4.75. The lowest BCUT2D eigenvalue weighted by Crippen LogP contribution is -2.22. The van der Waals surface area contributed by atoms with Crippen LogP contribution in [0.2, 0.25) is 0 Å². The number of hydrogen-bond donors (Lipinski definition) is 1. The number of aromatic nitrogens is 2. The summed E-state index contributed by atoms with van der Waals surface area (Å²) in [6.45, 7) is 5.20. The predicted octanol–water partition coefficient (Wildman–Crippen LogP) is 4.69. The fourth-order valence-corrected chi connectivity index (χ4v) is 3.57. The lowest BCUT2D eigenvalue weighted by molar-refractivity contribution is 0.242. The van der Waals surface area contributed by atoms with Crippen LogP contribution in [0.15, 0.2) is 48.8 Å². The predicted molar refractivity (Wildman–Crippen MR) is 97.6 cm³/mol. The molecule has 124 valence electrons. The van der Waals surface area contributed by atoms with Gasteiger partial charge in [-0.1, -0.05) is 6.07 Å². The Morgan fingerprint density at radius 1 is 1.17 bits per heavy atom. The van der Waals surface area contributed by atoms with Crippen LogP contribution < -0.4 is 9.64 Å². The molecule has 4 nitrogen and oxygen atoms in total. The molecule has 2 aromatic carbocycles. The van der Waals surface area contributed by atoms with Crippen LogP contribution in [0.4, 0.5) is 5.69 Å². The summed E-state index contributed by atoms with van der Waals surface area (Å²) in [5, 5.41) is 0. The van der Waals surface area contributed by atoms with Crippen LogP contribution in [0.5, 0.6) is 5.75 Å². The van der Waals surface area contributed by atoms with Crippen molar-refractivity contribution in [3.8, 4) is 5.75 Å². The minimum absolute atomic E-state index is 0.205. The summed E-state index contributed by atoms with van der Waals surface area (Å²) in [4.78, 5) is 10.0. The van der Waals surface area contributed by atoms with Crippen molar-refractivity contribution in [2.24, 2.45) is 0 Å². The zero-order valence-electron chi connectivity index (χ0n) is 14.2. The van der Waals surface area contributed by atoms with Gasteiger partial charge in [0.25, 0.3) is 0 Å². The third-order valence-corrected chi connectivity index (χ3v) is 4.62. The molecule has 1 aliphatic heterocycles. The maximum atomic E-state index is 5.75. The molecule has 24 heavy (non-hydrogen) atoms. The van der Waals surface area contributed by atoms with E-state index in [9.17, 15) is 0 Å². The van der Waals surface area contributed by atoms with E-state index in [4.69, 9.17) is 4.74 Å². The molecular weight excluding hydrogens is 298 g/mol. The highest BCUT2D eigenvalue weighted by atomic mass is 16.5. The van der Waals surface area contributed by atoms with Crippen LogP contribution in [-0.2, 0) is 0 Å². The van der Waals surface area contributed by atoms with Gasteiger partial charge in [0, 0.05) is 12.2 Å². The van der Waals surface area contributed by atoms with Crippen molar-refractivity contribution >= 4 is 16.7 Å². The Labute approximate surface area is 142 Å². The van der Waals surface area contributed by atoms with Crippen LogP contribution in [-0.4, -0.2) is 22.6 Å². The number of ether oxygens (including phenoxy) is 1. The molecule has 4 heteroatoms. The van der Waals surface area contributed by atoms with Crippen LogP contribution in [0.1, 0.15) is 38.3 Å². The number of benzene rings is 2. The van der Waals surface area contributed by atoms with Crippen molar-refractivity contribution in [1.82, 2.24) is 9.97 Å². The monoisotopic (exact) mass is 321 g/mol. The van der Waals surface area contributed by atoms with Gasteiger partial charge in [0.05, 0.1) is 29.5 Å². The average molecular weight is 321 g/mol. The van der Waals surface area contributed by atoms with Crippen molar-refractivity contribution in [1.29, 1.82) is 0 Å². The lowest BCUT2D eigenvalue weighted by atomic mass is 10.0. The molecule has 2 heterocycles. The number of imidazole rings is 1. The number of H-pyrrole nitrogens is 1. The molecule has 1 fully saturated rings. The highest BCUT2D eigenvalue weighted by molar-refractivity contribution is 5.75. The largest absolute Gasteiger partial charge is 0.491 e. The van der Waals surface area contributed by atoms with E-state index in [2.05, 4.69) is 71.2 Å². The van der Waals surface area contributed by atoms with E-state index >= 15 is 0 Å². The van der Waals surface area contributed by atoms with Crippen molar-refractivity contribution in [2.75, 3.05) is 11.4 Å². The first-order valence-electron chi connectivity index (χ1n) is 8.67. The smallest absolute Gasteiger partial charge is 0.119 e. The molecule has 1 saturated heterocycles. The van der Waals surface area contributed by atoms with Crippen LogP contribution in [0.3, 0.4) is 0 Å². The standard InChI is InChI=1S/C20H23N3O/c1-14(2)24-17-8-6-16(7-9-17)23-11-3-4-20(23)15-5-10-18-19(12-15)22-13-21-18/h5-10,12-14,20H,3-4,11H2,1-2H3,(H,21,22)/t20-/m1/s1. The van der Waals surface area contributed by atoms with Gasteiger partial charge in [0.1, 0.15) is 5.75 Å². The Balaban J connectivity index is 1.60. The third kappa shape index (κ3) is 2.84. The highest BCUT2D eigenvalue weighted by Gasteiger charge is 2.26. The molecule has 0 bridgehead atoms. The minimum atomic E-state index is 0.205. The first-order valence-corrected chi connectivity index (χ1v) is 8.67. The van der Waals surface area contributed by atoms with Crippen molar-refractivity contribution < 1.29 is 4.74 Å². The Kier molecular flexibility index (Phi) is 3.89. The van der Waals surface area contributed by atoms with Gasteiger partial charge in [-0.25, -0.2) is 4.98 Å². The summed E-state index contributed by atoms with van der Waals surface area (Å²) in [7, 11) is 0. The number of hydrogen-bond acceptors (Lipinski definition) is 3. The number of aromatic amines is 1. The van der Waals surface area contributed by atoms with Crippen molar-refractivity contribution in [3.63, 3.8) is 0 Å². The summed E-state index contributed by atoms with van der Waals surface area (Å²) in [5.74, 6) is 0.934. The molecule has 4 rings (SSSR count). The molecule has 1 N–H and O–H groups in total. The summed E-state index contributed by atoms with van der Waals surface area (Å²) < 4.78 is 5.75. The Hall–Kier alpha value is -2.49. The Morgan fingerprint density at radius 2 is 2.00 bits per heavy atom. The normalized spacial score (nSPS) is 17.8. The molecule has 1 aliphatic rings. The summed E-state index contributed by atoms with van der Waals surface area (Å²) in [6.07, 6.45) is 4.37. The summed E-state index contributed by atoms with van der Waals surface area (Å²) in [6, 6.07) is 15.5. The second-order valence-corrected chi connectivity index (χ2v) is 6.69. The first kappa shape index (κ1) is 15.1. The topological polar surface area (TPSA) is 41.1 Å². The van der Waals surface area contributed by atoms with Crippen LogP contribution in [0.25, 0.3) is 11.0 Å². The maximum Gasteiger partial charge on any atom is 0.119 e. The van der Waals surface area contributed by atoms with Crippen LogP contribution >= 0.6 is 0 Å². The van der Waals surface area contributed by atoms with Crippen LogP contribution in [0, 0.1) is 0 Å². The van der Waals surface area contributed by atoms with E-state index in [0.717, 1.165) is 23.3 Å². The number of nitrogens with one attached hydrogen (secondary N) is 1. The molecule has 1 aromatic heterocycles. The van der Waals surface area contributed by atoms with E-state index in [1.54, 1.807) is 6.33 Å². The molecule has 3 aromatic rings. The highest BCUT2D eigenvalue weighted by Crippen LogP contribution is 2.37. The molecule has 0 aliphatic carbocycles. The van der Waals surface area contributed by atoms with Crippen molar-refractivity contribution in [2.45, 2.75) is 38.8 Å². The first-order chi connectivity index (χ1) is 11.7.